The lowest BCUT2D eigenvalue weighted by Gasteiger charge is -2.35. The van der Waals surface area contributed by atoms with Gasteiger partial charge in [-0.3, -0.25) is 4.57 Å². The molecular weight excluding hydrogens is 541 g/mol. The van der Waals surface area contributed by atoms with E-state index in [1.54, 1.807) is 28.8 Å². The Bertz CT molecular complexity index is 1590. The van der Waals surface area contributed by atoms with E-state index in [0.29, 0.717) is 28.7 Å². The normalized spacial score (nSPS) is 17.6. The molecule has 1 fully saturated rings. The number of rotatable bonds is 8. The Morgan fingerprint density at radius 2 is 1.70 bits per heavy atom. The summed E-state index contributed by atoms with van der Waals surface area (Å²) in [6.07, 6.45) is 1.05. The molecule has 2 atom stereocenters. The van der Waals surface area contributed by atoms with Gasteiger partial charge in [-0.25, -0.2) is 27.8 Å². The molecule has 1 saturated heterocycles. The third kappa shape index (κ3) is 5.45. The average molecular weight is 570 g/mol. The van der Waals surface area contributed by atoms with Crippen LogP contribution in [0.4, 0.5) is 10.3 Å². The highest BCUT2D eigenvalue weighted by Crippen LogP contribution is 2.36. The zero-order valence-corrected chi connectivity index (χ0v) is 22.9. The average Bonchev–Trinajstić information content (AvgIpc) is 3.34. The number of aryl methyl sites for hydroxylation is 1. The molecule has 1 aliphatic rings. The lowest BCUT2D eigenvalue weighted by atomic mass is 10.1. The molecule has 1 N–H and O–H groups in total. The van der Waals surface area contributed by atoms with Crippen LogP contribution in [0.2, 0.25) is 0 Å². The number of methoxy groups -OCH3 is 2. The molecule has 0 unspecified atom stereocenters. The van der Waals surface area contributed by atoms with Crippen molar-refractivity contribution in [2.75, 3.05) is 32.2 Å². The molecule has 0 radical (unpaired) electrons. The maximum absolute atomic E-state index is 13.8. The van der Waals surface area contributed by atoms with E-state index in [4.69, 9.17) is 9.47 Å². The summed E-state index contributed by atoms with van der Waals surface area (Å²) in [5, 5.41) is 18.2. The number of pyridine rings is 1. The summed E-state index contributed by atoms with van der Waals surface area (Å²) >= 11 is 0. The number of para-hydroxylation sites is 1. The first-order valence-electron chi connectivity index (χ1n) is 12.4. The van der Waals surface area contributed by atoms with Crippen molar-refractivity contribution in [1.29, 1.82) is 0 Å². The number of nitrogens with zero attached hydrogens (tertiary/aromatic N) is 7. The lowest BCUT2D eigenvalue weighted by Crippen LogP contribution is -2.49. The number of sulfone groups is 1. The first-order chi connectivity index (χ1) is 19.2. The van der Waals surface area contributed by atoms with E-state index in [0.717, 1.165) is 18.1 Å². The van der Waals surface area contributed by atoms with Crippen LogP contribution >= 0.6 is 0 Å². The first-order valence-corrected chi connectivity index (χ1v) is 14.1. The van der Waals surface area contributed by atoms with Gasteiger partial charge in [-0.15, -0.1) is 10.2 Å². The van der Waals surface area contributed by atoms with Gasteiger partial charge in [0.05, 0.1) is 38.0 Å². The Morgan fingerprint density at radius 3 is 2.35 bits per heavy atom. The minimum Gasteiger partial charge on any atom is -0.494 e. The molecule has 210 valence electrons. The molecule has 14 heteroatoms. The highest BCUT2D eigenvalue weighted by Gasteiger charge is 2.37. The van der Waals surface area contributed by atoms with Crippen molar-refractivity contribution in [3.63, 3.8) is 0 Å². The number of hydrogen-bond donors (Lipinski definition) is 1. The molecule has 0 bridgehead atoms. The SMILES string of the molecule is COc1cccc(OC)c1-n1c(CS(=O)(=O)[C@@H]2C[C@H](O)CN(c3ncc(F)cn3)C2)nnc1-c1cccc(C)n1. The van der Waals surface area contributed by atoms with Crippen molar-refractivity contribution < 1.29 is 27.4 Å². The molecule has 4 aromatic rings. The summed E-state index contributed by atoms with van der Waals surface area (Å²) in [4.78, 5) is 14.0. The zero-order chi connectivity index (χ0) is 28.4. The number of aliphatic hydroxyl groups excluding tert-OH is 1. The molecule has 12 nitrogen and oxygen atoms in total. The summed E-state index contributed by atoms with van der Waals surface area (Å²) in [7, 11) is -0.923. The quantitative estimate of drug-likeness (QED) is 0.333. The molecule has 1 aliphatic heterocycles. The molecule has 5 rings (SSSR count). The third-order valence-electron chi connectivity index (χ3n) is 6.59. The second-order valence-electron chi connectivity index (χ2n) is 9.38. The summed E-state index contributed by atoms with van der Waals surface area (Å²) in [5.41, 5.74) is 1.65. The fraction of sp³-hybridized carbons (Fsp3) is 0.346. The van der Waals surface area contributed by atoms with Gasteiger partial charge in [0.2, 0.25) is 5.95 Å². The number of hydrogen-bond acceptors (Lipinski definition) is 11. The van der Waals surface area contributed by atoms with Crippen LogP contribution in [0.1, 0.15) is 17.9 Å². The minimum absolute atomic E-state index is 0.0123. The van der Waals surface area contributed by atoms with Gasteiger partial charge in [-0.05, 0) is 37.6 Å². The van der Waals surface area contributed by atoms with Gasteiger partial charge in [0.15, 0.2) is 27.3 Å². The van der Waals surface area contributed by atoms with Crippen LogP contribution in [-0.4, -0.2) is 81.9 Å². The number of benzene rings is 1. The third-order valence-corrected chi connectivity index (χ3v) is 8.61. The Labute approximate surface area is 230 Å². The zero-order valence-electron chi connectivity index (χ0n) is 22.1. The van der Waals surface area contributed by atoms with Gasteiger partial charge in [-0.1, -0.05) is 12.1 Å². The van der Waals surface area contributed by atoms with E-state index in [-0.39, 0.29) is 31.3 Å². The maximum Gasteiger partial charge on any atom is 0.225 e. The van der Waals surface area contributed by atoms with Crippen LogP contribution in [0.25, 0.3) is 17.2 Å². The predicted octanol–water partition coefficient (Wildman–Crippen LogP) is 2.14. The molecule has 0 amide bonds. The van der Waals surface area contributed by atoms with Crippen LogP contribution in [0.5, 0.6) is 11.5 Å². The summed E-state index contributed by atoms with van der Waals surface area (Å²) in [5.74, 6) is 0.277. The van der Waals surface area contributed by atoms with Crippen molar-refractivity contribution in [2.24, 2.45) is 0 Å². The Balaban J connectivity index is 1.57. The number of aliphatic hydroxyl groups is 1. The molecule has 0 aliphatic carbocycles. The van der Waals surface area contributed by atoms with Crippen molar-refractivity contribution in [1.82, 2.24) is 29.7 Å². The predicted molar refractivity (Wildman–Crippen MR) is 144 cm³/mol. The van der Waals surface area contributed by atoms with E-state index in [2.05, 4.69) is 25.1 Å². The van der Waals surface area contributed by atoms with E-state index < -0.39 is 32.8 Å². The van der Waals surface area contributed by atoms with Crippen molar-refractivity contribution in [3.05, 3.63) is 66.1 Å². The number of anilines is 1. The van der Waals surface area contributed by atoms with Crippen molar-refractivity contribution in [2.45, 2.75) is 30.5 Å². The number of halogens is 1. The van der Waals surface area contributed by atoms with E-state index in [1.807, 2.05) is 19.1 Å². The highest BCUT2D eigenvalue weighted by atomic mass is 32.2. The first kappa shape index (κ1) is 27.4. The van der Waals surface area contributed by atoms with Crippen LogP contribution < -0.4 is 14.4 Å². The van der Waals surface area contributed by atoms with E-state index in [9.17, 15) is 17.9 Å². The van der Waals surface area contributed by atoms with Gasteiger partial charge in [0.1, 0.15) is 28.6 Å². The standard InChI is InChI=1S/C26H28FN7O5S/c1-16-6-4-7-20(30-16)25-32-31-23(34(25)24-21(38-2)8-5-9-22(24)39-3)15-40(36,37)19-10-18(35)13-33(14-19)26-28-11-17(27)12-29-26/h4-9,11-12,18-19,35H,10,13-15H2,1-3H3/t18-,19+/m0/s1. The lowest BCUT2D eigenvalue weighted by molar-refractivity contribution is 0.154. The molecule has 40 heavy (non-hydrogen) atoms. The smallest absolute Gasteiger partial charge is 0.225 e. The second-order valence-corrected chi connectivity index (χ2v) is 11.7. The molecule has 0 saturated carbocycles. The number of β-amino-alcohol motifs (C(OH)–C–C–N with tert-alkyl or cyclic N) is 1. The Kier molecular flexibility index (Phi) is 7.63. The second kappa shape index (κ2) is 11.1. The molecule has 3 aromatic heterocycles. The van der Waals surface area contributed by atoms with Crippen LogP contribution in [-0.2, 0) is 15.6 Å². The van der Waals surface area contributed by atoms with Gasteiger partial charge in [-0.2, -0.15) is 0 Å². The fourth-order valence-electron chi connectivity index (χ4n) is 4.75. The molecule has 1 aromatic carbocycles. The van der Waals surface area contributed by atoms with Crippen LogP contribution in [0.3, 0.4) is 0 Å². The number of aromatic nitrogens is 6. The number of piperidine rings is 1. The van der Waals surface area contributed by atoms with Crippen molar-refractivity contribution >= 4 is 15.8 Å². The largest absolute Gasteiger partial charge is 0.494 e. The van der Waals surface area contributed by atoms with Crippen molar-refractivity contribution in [3.8, 4) is 28.7 Å². The molecular formula is C26H28FN7O5S. The van der Waals surface area contributed by atoms with Crippen LogP contribution in [0, 0.1) is 12.7 Å². The molecule has 4 heterocycles. The monoisotopic (exact) mass is 569 g/mol. The Morgan fingerprint density at radius 1 is 1.02 bits per heavy atom. The van der Waals surface area contributed by atoms with Crippen LogP contribution in [0.15, 0.2) is 48.8 Å². The van der Waals surface area contributed by atoms with Gasteiger partial charge in [0.25, 0.3) is 0 Å². The van der Waals surface area contributed by atoms with Gasteiger partial charge >= 0.3 is 0 Å². The van der Waals surface area contributed by atoms with E-state index in [1.165, 1.54) is 19.1 Å². The number of ether oxygens (including phenoxy) is 2. The summed E-state index contributed by atoms with van der Waals surface area (Å²) < 4.78 is 53.8. The minimum atomic E-state index is -3.92. The van der Waals surface area contributed by atoms with E-state index >= 15 is 0 Å². The highest BCUT2D eigenvalue weighted by molar-refractivity contribution is 7.91. The topological polar surface area (TPSA) is 145 Å². The van der Waals surface area contributed by atoms with Gasteiger partial charge in [0, 0.05) is 18.8 Å². The fourth-order valence-corrected chi connectivity index (χ4v) is 6.45. The Hall–Kier alpha value is -4.17. The maximum atomic E-state index is 13.8. The summed E-state index contributed by atoms with van der Waals surface area (Å²) in [6.45, 7) is 1.98. The van der Waals surface area contributed by atoms with Gasteiger partial charge < -0.3 is 19.5 Å². The summed E-state index contributed by atoms with van der Waals surface area (Å²) in [6, 6.07) is 10.6. The molecule has 0 spiro atoms.